The quantitative estimate of drug-likeness (QED) is 0.307. The first-order valence-corrected chi connectivity index (χ1v) is 12.0. The molecule has 0 amide bonds. The number of methoxy groups -OCH3 is 5. The minimum Gasteiger partial charge on any atom is -0.493 e. The summed E-state index contributed by atoms with van der Waals surface area (Å²) in [6.45, 7) is 5.91. The first kappa shape index (κ1) is 31.2. The Balaban J connectivity index is 0.00000648. The van der Waals surface area contributed by atoms with Crippen LogP contribution in [0, 0.1) is 17.2 Å². The van der Waals surface area contributed by atoms with Gasteiger partial charge in [0.05, 0.1) is 47.0 Å². The molecule has 0 aliphatic rings. The maximum Gasteiger partial charge on any atom is 0.203 e. The molecule has 0 fully saturated rings. The van der Waals surface area contributed by atoms with E-state index in [9.17, 15) is 5.26 Å². The highest BCUT2D eigenvalue weighted by Gasteiger charge is 2.37. The van der Waals surface area contributed by atoms with Crippen LogP contribution in [0.1, 0.15) is 44.2 Å². The van der Waals surface area contributed by atoms with E-state index in [4.69, 9.17) is 23.7 Å². The molecule has 0 spiro atoms. The van der Waals surface area contributed by atoms with Gasteiger partial charge in [-0.15, -0.1) is 12.4 Å². The normalized spacial score (nSPS) is 12.2. The van der Waals surface area contributed by atoms with Crippen molar-refractivity contribution in [3.8, 4) is 34.8 Å². The molecule has 0 saturated heterocycles. The summed E-state index contributed by atoms with van der Waals surface area (Å²) in [5.74, 6) is 3.27. The van der Waals surface area contributed by atoms with Crippen molar-refractivity contribution in [1.29, 1.82) is 5.26 Å². The topological polar surface area (TPSA) is 82.0 Å². The molecule has 0 saturated carbocycles. The van der Waals surface area contributed by atoms with E-state index in [-0.39, 0.29) is 18.3 Å². The number of hydrogen-bond donors (Lipinski definition) is 1. The van der Waals surface area contributed by atoms with Crippen molar-refractivity contribution < 1.29 is 23.7 Å². The first-order valence-electron chi connectivity index (χ1n) is 12.0. The van der Waals surface area contributed by atoms with Crippen molar-refractivity contribution >= 4 is 12.4 Å². The molecular formula is C28H41ClN2O5. The molecule has 0 aromatic heterocycles. The van der Waals surface area contributed by atoms with Crippen molar-refractivity contribution in [3.63, 3.8) is 0 Å². The van der Waals surface area contributed by atoms with Crippen molar-refractivity contribution in [3.05, 3.63) is 41.5 Å². The molecule has 1 N–H and O–H groups in total. The minimum atomic E-state index is -0.659. The van der Waals surface area contributed by atoms with Gasteiger partial charge in [0, 0.05) is 0 Å². The summed E-state index contributed by atoms with van der Waals surface area (Å²) >= 11 is 0. The number of hydrogen-bond acceptors (Lipinski definition) is 7. The molecule has 0 aliphatic carbocycles. The van der Waals surface area contributed by atoms with E-state index in [0.717, 1.165) is 55.8 Å². The number of nitrogens with one attached hydrogen (secondary N) is 1. The fourth-order valence-corrected chi connectivity index (χ4v) is 4.43. The second-order valence-electron chi connectivity index (χ2n) is 8.80. The largest absolute Gasteiger partial charge is 0.493 e. The summed E-state index contributed by atoms with van der Waals surface area (Å²) in [5.41, 5.74) is 1.45. The molecule has 8 heteroatoms. The van der Waals surface area contributed by atoms with Crippen molar-refractivity contribution in [2.75, 3.05) is 48.6 Å². The van der Waals surface area contributed by atoms with Gasteiger partial charge >= 0.3 is 0 Å². The lowest BCUT2D eigenvalue weighted by molar-refractivity contribution is 0.316. The second-order valence-corrected chi connectivity index (χ2v) is 8.80. The maximum atomic E-state index is 10.3. The van der Waals surface area contributed by atoms with Crippen molar-refractivity contribution in [2.24, 2.45) is 5.92 Å². The number of benzene rings is 2. The van der Waals surface area contributed by atoms with Gasteiger partial charge in [-0.05, 0) is 80.1 Å². The van der Waals surface area contributed by atoms with Gasteiger partial charge < -0.3 is 29.0 Å². The van der Waals surface area contributed by atoms with Crippen LogP contribution in [-0.4, -0.2) is 48.6 Å². The number of nitrogens with zero attached hydrogens (tertiary/aromatic N) is 1. The lowest BCUT2D eigenvalue weighted by atomic mass is 9.69. The molecule has 1 atom stereocenters. The minimum absolute atomic E-state index is 0. The fourth-order valence-electron chi connectivity index (χ4n) is 4.43. The van der Waals surface area contributed by atoms with Crippen molar-refractivity contribution in [1.82, 2.24) is 5.32 Å². The van der Waals surface area contributed by atoms with Gasteiger partial charge in [0.15, 0.2) is 23.0 Å². The summed E-state index contributed by atoms with van der Waals surface area (Å²) in [6.07, 6.45) is 3.56. The van der Waals surface area contributed by atoms with Gasteiger partial charge in [0.1, 0.15) is 0 Å². The lowest BCUT2D eigenvalue weighted by Crippen LogP contribution is -2.32. The molecule has 2 rings (SSSR count). The zero-order valence-corrected chi connectivity index (χ0v) is 23.4. The summed E-state index contributed by atoms with van der Waals surface area (Å²) in [6, 6.07) is 12.5. The Bertz CT molecular complexity index is 967. The number of ether oxygens (including phenoxy) is 5. The fraction of sp³-hybridized carbons (Fsp3) is 0.536. The molecule has 2 aromatic carbocycles. The van der Waals surface area contributed by atoms with Crippen LogP contribution in [0.2, 0.25) is 0 Å². The molecule has 2 aromatic rings. The molecule has 1 unspecified atom stereocenters. The highest BCUT2D eigenvalue weighted by molar-refractivity contribution is 5.85. The summed E-state index contributed by atoms with van der Waals surface area (Å²) in [4.78, 5) is 0. The van der Waals surface area contributed by atoms with Crippen LogP contribution in [0.4, 0.5) is 0 Å². The maximum absolute atomic E-state index is 10.3. The van der Waals surface area contributed by atoms with Gasteiger partial charge in [0.25, 0.3) is 0 Å². The zero-order valence-electron chi connectivity index (χ0n) is 22.6. The second kappa shape index (κ2) is 15.3. The summed E-state index contributed by atoms with van der Waals surface area (Å²) in [7, 11) is 8.06. The van der Waals surface area contributed by atoms with E-state index in [1.165, 1.54) is 5.56 Å². The predicted molar refractivity (Wildman–Crippen MR) is 145 cm³/mol. The van der Waals surface area contributed by atoms with Crippen molar-refractivity contribution in [2.45, 2.75) is 44.9 Å². The molecule has 0 radical (unpaired) electrons. The first-order chi connectivity index (χ1) is 16.9. The Hall–Kier alpha value is -2.82. The molecule has 0 bridgehead atoms. The molecule has 0 heterocycles. The van der Waals surface area contributed by atoms with Crippen LogP contribution < -0.4 is 29.0 Å². The number of aryl methyl sites for hydroxylation is 1. The number of nitriles is 1. The Morgan fingerprint density at radius 3 is 1.89 bits per heavy atom. The highest BCUT2D eigenvalue weighted by atomic mass is 35.5. The number of halogens is 1. The third-order valence-corrected chi connectivity index (χ3v) is 6.56. The Morgan fingerprint density at radius 1 is 0.806 bits per heavy atom. The Labute approximate surface area is 222 Å². The van der Waals surface area contributed by atoms with Gasteiger partial charge in [0.2, 0.25) is 5.75 Å². The van der Waals surface area contributed by atoms with Crippen LogP contribution in [0.5, 0.6) is 28.7 Å². The molecule has 200 valence electrons. The third-order valence-electron chi connectivity index (χ3n) is 6.56. The molecule has 0 aliphatic heterocycles. The average molecular weight is 521 g/mol. The summed E-state index contributed by atoms with van der Waals surface area (Å²) < 4.78 is 27.2. The monoisotopic (exact) mass is 520 g/mol. The zero-order chi connectivity index (χ0) is 25.8. The van der Waals surface area contributed by atoms with E-state index >= 15 is 0 Å². The molecular weight excluding hydrogens is 480 g/mol. The van der Waals surface area contributed by atoms with Crippen LogP contribution in [0.3, 0.4) is 0 Å². The summed E-state index contributed by atoms with van der Waals surface area (Å²) in [5, 5.41) is 13.8. The lowest BCUT2D eigenvalue weighted by Gasteiger charge is -2.32. The van der Waals surface area contributed by atoms with E-state index in [1.807, 2.05) is 24.3 Å². The SMILES string of the molecule is COc1ccc(CCCNCCCC(C#N)(c2cc(OC)c(OC)c(OC)c2)C(C)C)cc1OC.Cl. The predicted octanol–water partition coefficient (Wildman–Crippen LogP) is 5.57. The van der Waals surface area contributed by atoms with Crippen LogP contribution in [-0.2, 0) is 11.8 Å². The highest BCUT2D eigenvalue weighted by Crippen LogP contribution is 2.45. The van der Waals surface area contributed by atoms with E-state index in [2.05, 4.69) is 31.3 Å². The van der Waals surface area contributed by atoms with Crippen LogP contribution in [0.15, 0.2) is 30.3 Å². The Kier molecular flexibility index (Phi) is 13.3. The van der Waals surface area contributed by atoms with Gasteiger partial charge in [-0.3, -0.25) is 0 Å². The average Bonchev–Trinajstić information content (AvgIpc) is 2.89. The third kappa shape index (κ3) is 7.35. The van der Waals surface area contributed by atoms with Gasteiger partial charge in [-0.25, -0.2) is 0 Å². The number of rotatable bonds is 15. The van der Waals surface area contributed by atoms with Gasteiger partial charge in [-0.2, -0.15) is 5.26 Å². The Morgan fingerprint density at radius 2 is 1.39 bits per heavy atom. The van der Waals surface area contributed by atoms with E-state index in [0.29, 0.717) is 17.2 Å². The van der Waals surface area contributed by atoms with E-state index in [1.54, 1.807) is 35.5 Å². The van der Waals surface area contributed by atoms with Crippen LogP contribution >= 0.6 is 12.4 Å². The smallest absolute Gasteiger partial charge is 0.203 e. The van der Waals surface area contributed by atoms with E-state index < -0.39 is 5.41 Å². The molecule has 7 nitrogen and oxygen atoms in total. The van der Waals surface area contributed by atoms with Crippen LogP contribution in [0.25, 0.3) is 0 Å². The van der Waals surface area contributed by atoms with Gasteiger partial charge in [-0.1, -0.05) is 19.9 Å². The standard InChI is InChI=1S/C28H40N2O5.ClH/c1-20(2)28(19-29,22-17-25(33-5)27(35-7)26(18-22)34-6)13-9-15-30-14-8-10-21-11-12-23(31-3)24(16-21)32-4;/h11-12,16-18,20,30H,8-10,13-15H2,1-7H3;1H. The molecule has 36 heavy (non-hydrogen) atoms.